The van der Waals surface area contributed by atoms with E-state index in [1.807, 2.05) is 0 Å². The molecule has 4 unspecified atom stereocenters. The van der Waals surface area contributed by atoms with E-state index in [0.717, 1.165) is 19.0 Å². The zero-order chi connectivity index (χ0) is 10.7. The molecule has 0 aromatic carbocycles. The Kier molecular flexibility index (Phi) is 4.04. The molecule has 0 spiro atoms. The van der Waals surface area contributed by atoms with Crippen LogP contribution in [0.3, 0.4) is 0 Å². The Morgan fingerprint density at radius 1 is 0.933 bits per heavy atom. The fourth-order valence-corrected chi connectivity index (χ4v) is 2.90. The van der Waals surface area contributed by atoms with Crippen molar-refractivity contribution in [3.05, 3.63) is 0 Å². The number of hydrogen-bond acceptors (Lipinski definition) is 2. The van der Waals surface area contributed by atoms with Crippen molar-refractivity contribution in [1.29, 1.82) is 0 Å². The van der Waals surface area contributed by atoms with E-state index in [-0.39, 0.29) is 0 Å². The standard InChI is InChI=1S/C13H25NO/c1-10-5-3-4-6-12(10)15-13-7-8-14-9-11(13)2/h10-14H,3-9H2,1-2H3. The van der Waals surface area contributed by atoms with Gasteiger partial charge in [0.1, 0.15) is 0 Å². The van der Waals surface area contributed by atoms with Gasteiger partial charge in [-0.3, -0.25) is 0 Å². The van der Waals surface area contributed by atoms with E-state index in [4.69, 9.17) is 4.74 Å². The first-order chi connectivity index (χ1) is 7.27. The molecule has 0 amide bonds. The van der Waals surface area contributed by atoms with Crippen LogP contribution >= 0.6 is 0 Å². The summed E-state index contributed by atoms with van der Waals surface area (Å²) in [6, 6.07) is 0. The topological polar surface area (TPSA) is 21.3 Å². The molecule has 2 aliphatic rings. The molecule has 1 saturated carbocycles. The molecule has 0 aromatic heterocycles. The minimum absolute atomic E-state index is 0.511. The lowest BCUT2D eigenvalue weighted by Crippen LogP contribution is -2.43. The highest BCUT2D eigenvalue weighted by atomic mass is 16.5. The predicted molar refractivity (Wildman–Crippen MR) is 62.9 cm³/mol. The molecule has 1 aliphatic carbocycles. The number of rotatable bonds is 2. The maximum atomic E-state index is 6.32. The van der Waals surface area contributed by atoms with Gasteiger partial charge in [0, 0.05) is 6.54 Å². The second-order valence-corrected chi connectivity index (χ2v) is 5.44. The Labute approximate surface area is 93.8 Å². The predicted octanol–water partition coefficient (Wildman–Crippen LogP) is 2.58. The van der Waals surface area contributed by atoms with Gasteiger partial charge in [0.05, 0.1) is 12.2 Å². The first-order valence-corrected chi connectivity index (χ1v) is 6.63. The van der Waals surface area contributed by atoms with Crippen LogP contribution in [-0.4, -0.2) is 25.3 Å². The van der Waals surface area contributed by atoms with Gasteiger partial charge in [-0.2, -0.15) is 0 Å². The highest BCUT2D eigenvalue weighted by Gasteiger charge is 2.28. The minimum Gasteiger partial charge on any atom is -0.374 e. The molecule has 1 saturated heterocycles. The van der Waals surface area contributed by atoms with E-state index >= 15 is 0 Å². The number of ether oxygens (including phenoxy) is 1. The number of hydrogen-bond donors (Lipinski definition) is 1. The Bertz CT molecular complexity index is 175. The first-order valence-electron chi connectivity index (χ1n) is 6.63. The Morgan fingerprint density at radius 2 is 1.67 bits per heavy atom. The summed E-state index contributed by atoms with van der Waals surface area (Å²) < 4.78 is 6.32. The average Bonchev–Trinajstić information content (AvgIpc) is 2.24. The van der Waals surface area contributed by atoms with Gasteiger partial charge >= 0.3 is 0 Å². The summed E-state index contributed by atoms with van der Waals surface area (Å²) in [4.78, 5) is 0. The van der Waals surface area contributed by atoms with E-state index in [1.54, 1.807) is 0 Å². The lowest BCUT2D eigenvalue weighted by Gasteiger charge is -2.37. The summed E-state index contributed by atoms with van der Waals surface area (Å²) in [5, 5.41) is 3.43. The highest BCUT2D eigenvalue weighted by molar-refractivity contribution is 4.80. The zero-order valence-electron chi connectivity index (χ0n) is 10.2. The van der Waals surface area contributed by atoms with Crippen LogP contribution in [0.1, 0.15) is 46.0 Å². The van der Waals surface area contributed by atoms with Crippen molar-refractivity contribution in [1.82, 2.24) is 5.32 Å². The molecular formula is C13H25NO. The molecule has 0 aromatic rings. The molecule has 15 heavy (non-hydrogen) atoms. The van der Waals surface area contributed by atoms with Crippen molar-refractivity contribution in [3.63, 3.8) is 0 Å². The van der Waals surface area contributed by atoms with Crippen molar-refractivity contribution in [2.75, 3.05) is 13.1 Å². The third-order valence-electron chi connectivity index (χ3n) is 4.09. The van der Waals surface area contributed by atoms with Gasteiger partial charge in [-0.05, 0) is 37.6 Å². The fraction of sp³-hybridized carbons (Fsp3) is 1.00. The molecule has 4 atom stereocenters. The van der Waals surface area contributed by atoms with Crippen LogP contribution in [0.4, 0.5) is 0 Å². The molecule has 0 bridgehead atoms. The molecular weight excluding hydrogens is 186 g/mol. The van der Waals surface area contributed by atoms with Crippen LogP contribution in [0.5, 0.6) is 0 Å². The zero-order valence-corrected chi connectivity index (χ0v) is 10.2. The molecule has 1 aliphatic heterocycles. The quantitative estimate of drug-likeness (QED) is 0.758. The summed E-state index contributed by atoms with van der Waals surface area (Å²) in [5.74, 6) is 1.47. The third kappa shape index (κ3) is 2.94. The van der Waals surface area contributed by atoms with E-state index in [0.29, 0.717) is 18.1 Å². The third-order valence-corrected chi connectivity index (χ3v) is 4.09. The Morgan fingerprint density at radius 3 is 2.40 bits per heavy atom. The van der Waals surface area contributed by atoms with Crippen molar-refractivity contribution < 1.29 is 4.74 Å². The fourth-order valence-electron chi connectivity index (χ4n) is 2.90. The van der Waals surface area contributed by atoms with Gasteiger partial charge in [-0.25, -0.2) is 0 Å². The number of piperidine rings is 1. The second-order valence-electron chi connectivity index (χ2n) is 5.44. The molecule has 2 fully saturated rings. The summed E-state index contributed by atoms with van der Waals surface area (Å²) >= 11 is 0. The molecule has 1 N–H and O–H groups in total. The first kappa shape index (κ1) is 11.4. The monoisotopic (exact) mass is 211 g/mol. The van der Waals surface area contributed by atoms with Gasteiger partial charge in [0.2, 0.25) is 0 Å². The molecule has 0 radical (unpaired) electrons. The van der Waals surface area contributed by atoms with Crippen LogP contribution in [0, 0.1) is 11.8 Å². The summed E-state index contributed by atoms with van der Waals surface area (Å²) in [6.07, 6.45) is 7.68. The molecule has 1 heterocycles. The molecule has 2 heteroatoms. The minimum atomic E-state index is 0.511. The average molecular weight is 211 g/mol. The molecule has 88 valence electrons. The maximum Gasteiger partial charge on any atom is 0.0628 e. The summed E-state index contributed by atoms with van der Waals surface area (Å²) in [6.45, 7) is 6.93. The van der Waals surface area contributed by atoms with Crippen molar-refractivity contribution in [2.24, 2.45) is 11.8 Å². The second kappa shape index (κ2) is 5.31. The Hall–Kier alpha value is -0.0800. The van der Waals surface area contributed by atoms with Crippen LogP contribution < -0.4 is 5.32 Å². The van der Waals surface area contributed by atoms with E-state index < -0.39 is 0 Å². The lowest BCUT2D eigenvalue weighted by molar-refractivity contribution is -0.0849. The van der Waals surface area contributed by atoms with Gasteiger partial charge in [-0.15, -0.1) is 0 Å². The highest BCUT2D eigenvalue weighted by Crippen LogP contribution is 2.29. The Balaban J connectivity index is 1.83. The molecule has 2 rings (SSSR count). The largest absolute Gasteiger partial charge is 0.374 e. The van der Waals surface area contributed by atoms with Gasteiger partial charge in [0.15, 0.2) is 0 Å². The van der Waals surface area contributed by atoms with E-state index in [1.165, 1.54) is 32.1 Å². The smallest absolute Gasteiger partial charge is 0.0628 e. The molecule has 2 nitrogen and oxygen atoms in total. The lowest BCUT2D eigenvalue weighted by atomic mass is 9.87. The van der Waals surface area contributed by atoms with Crippen LogP contribution in [0.2, 0.25) is 0 Å². The normalized spacial score (nSPS) is 42.8. The van der Waals surface area contributed by atoms with Crippen LogP contribution in [0.25, 0.3) is 0 Å². The van der Waals surface area contributed by atoms with Crippen LogP contribution in [0.15, 0.2) is 0 Å². The maximum absolute atomic E-state index is 6.32. The van der Waals surface area contributed by atoms with Gasteiger partial charge in [0.25, 0.3) is 0 Å². The van der Waals surface area contributed by atoms with Crippen molar-refractivity contribution in [3.8, 4) is 0 Å². The van der Waals surface area contributed by atoms with E-state index in [9.17, 15) is 0 Å². The van der Waals surface area contributed by atoms with E-state index in [2.05, 4.69) is 19.2 Å². The SMILES string of the molecule is CC1CCCCC1OC1CCNCC1C. The van der Waals surface area contributed by atoms with Crippen molar-refractivity contribution in [2.45, 2.75) is 58.2 Å². The van der Waals surface area contributed by atoms with Crippen molar-refractivity contribution >= 4 is 0 Å². The van der Waals surface area contributed by atoms with Crippen LogP contribution in [-0.2, 0) is 4.74 Å². The summed E-state index contributed by atoms with van der Waals surface area (Å²) in [5.41, 5.74) is 0. The number of nitrogens with one attached hydrogen (secondary N) is 1. The van der Waals surface area contributed by atoms with Gasteiger partial charge in [-0.1, -0.05) is 26.7 Å². The van der Waals surface area contributed by atoms with Gasteiger partial charge < -0.3 is 10.1 Å². The summed E-state index contributed by atoms with van der Waals surface area (Å²) in [7, 11) is 0.